The van der Waals surface area contributed by atoms with Gasteiger partial charge >= 0.3 is 5.97 Å². The van der Waals surface area contributed by atoms with E-state index in [0.29, 0.717) is 11.4 Å². The first-order chi connectivity index (χ1) is 12.5. The highest BCUT2D eigenvalue weighted by molar-refractivity contribution is 5.92. The quantitative estimate of drug-likeness (QED) is 0.473. The third kappa shape index (κ3) is 2.22. The van der Waals surface area contributed by atoms with Gasteiger partial charge in [-0.3, -0.25) is 10.1 Å². The molecule has 0 fully saturated rings. The van der Waals surface area contributed by atoms with Gasteiger partial charge in [-0.25, -0.2) is 4.79 Å². The minimum Gasteiger partial charge on any atom is -0.466 e. The number of hydrogen-bond donors (Lipinski definition) is 1. The minimum absolute atomic E-state index is 0.0446. The van der Waals surface area contributed by atoms with Crippen molar-refractivity contribution in [2.75, 3.05) is 19.2 Å². The van der Waals surface area contributed by atoms with Crippen LogP contribution in [0.1, 0.15) is 18.5 Å². The Bertz CT molecular complexity index is 967. The summed E-state index contributed by atoms with van der Waals surface area (Å²) in [5.74, 6) is 0.174. The number of tetrazole rings is 1. The Hall–Kier alpha value is -3.70. The number of nitrogens with zero attached hydrogens (tertiary/aromatic N) is 5. The number of ether oxygens (including phenoxy) is 3. The van der Waals surface area contributed by atoms with E-state index < -0.39 is 16.9 Å². The average molecular weight is 360 g/mol. The Kier molecular flexibility index (Phi) is 3.45. The largest absolute Gasteiger partial charge is 0.466 e. The number of anilines is 1. The highest BCUT2D eigenvalue weighted by atomic mass is 16.7. The molecule has 1 aromatic heterocycles. The van der Waals surface area contributed by atoms with Gasteiger partial charge in [0.25, 0.3) is 5.69 Å². The molecule has 2 aromatic rings. The molecule has 0 radical (unpaired) electrons. The second kappa shape index (κ2) is 5.68. The third-order valence-corrected chi connectivity index (χ3v) is 4.13. The normalized spacial score (nSPS) is 17.5. The number of aromatic nitrogens is 4. The van der Waals surface area contributed by atoms with Crippen LogP contribution in [-0.2, 0) is 9.53 Å². The molecule has 134 valence electrons. The predicted molar refractivity (Wildman–Crippen MR) is 83.5 cm³/mol. The number of carbonyl (C=O) groups is 1. The van der Waals surface area contributed by atoms with Crippen molar-refractivity contribution in [3.63, 3.8) is 0 Å². The zero-order valence-corrected chi connectivity index (χ0v) is 13.6. The predicted octanol–water partition coefficient (Wildman–Crippen LogP) is 0.772. The van der Waals surface area contributed by atoms with E-state index in [1.54, 1.807) is 6.92 Å². The Morgan fingerprint density at radius 3 is 2.85 bits per heavy atom. The molecule has 12 heteroatoms. The zero-order chi connectivity index (χ0) is 18.4. The van der Waals surface area contributed by atoms with Gasteiger partial charge in [-0.2, -0.15) is 4.68 Å². The van der Waals surface area contributed by atoms with Crippen molar-refractivity contribution < 1.29 is 23.9 Å². The van der Waals surface area contributed by atoms with E-state index >= 15 is 0 Å². The van der Waals surface area contributed by atoms with Gasteiger partial charge in [-0.05, 0) is 23.4 Å². The topological polar surface area (TPSA) is 144 Å². The maximum Gasteiger partial charge on any atom is 0.338 e. The van der Waals surface area contributed by atoms with Crippen molar-refractivity contribution in [2.45, 2.75) is 13.0 Å². The van der Waals surface area contributed by atoms with Crippen LogP contribution >= 0.6 is 0 Å². The molecule has 1 unspecified atom stereocenters. The molecular formula is C14H12N6O6. The second-order valence-electron chi connectivity index (χ2n) is 5.53. The number of rotatable bonds is 3. The van der Waals surface area contributed by atoms with Crippen LogP contribution in [0.3, 0.4) is 0 Å². The third-order valence-electron chi connectivity index (χ3n) is 4.13. The molecule has 2 aliphatic rings. The van der Waals surface area contributed by atoms with Gasteiger partial charge in [-0.15, -0.1) is 0 Å². The fraction of sp³-hybridized carbons (Fsp3) is 0.286. The average Bonchev–Trinajstić information content (AvgIpc) is 3.26. The molecule has 4 rings (SSSR count). The first-order valence-corrected chi connectivity index (χ1v) is 7.43. The van der Waals surface area contributed by atoms with Gasteiger partial charge < -0.3 is 19.5 Å². The molecule has 1 N–H and O–H groups in total. The summed E-state index contributed by atoms with van der Waals surface area (Å²) in [5, 5.41) is 25.8. The van der Waals surface area contributed by atoms with E-state index in [0.717, 1.165) is 0 Å². The van der Waals surface area contributed by atoms with E-state index in [1.807, 2.05) is 0 Å². The summed E-state index contributed by atoms with van der Waals surface area (Å²) < 4.78 is 16.7. The smallest absolute Gasteiger partial charge is 0.338 e. The lowest BCUT2D eigenvalue weighted by atomic mass is 9.94. The molecule has 12 nitrogen and oxygen atoms in total. The number of fused-ring (bicyclic) bond motifs is 2. The summed E-state index contributed by atoms with van der Waals surface area (Å²) in [6.45, 7) is 1.59. The maximum atomic E-state index is 12.4. The molecule has 1 atom stereocenters. The number of carbonyl (C=O) groups excluding carboxylic acids is 1. The summed E-state index contributed by atoms with van der Waals surface area (Å²) in [5.41, 5.74) is 0.497. The van der Waals surface area contributed by atoms with Crippen molar-refractivity contribution in [3.8, 4) is 11.5 Å². The lowest BCUT2D eigenvalue weighted by molar-refractivity contribution is -0.385. The summed E-state index contributed by atoms with van der Waals surface area (Å²) in [6, 6.07) is 1.75. The first-order valence-electron chi connectivity index (χ1n) is 7.43. The highest BCUT2D eigenvalue weighted by Crippen LogP contribution is 2.44. The Morgan fingerprint density at radius 2 is 2.15 bits per heavy atom. The van der Waals surface area contributed by atoms with Crippen molar-refractivity contribution >= 4 is 17.6 Å². The number of esters is 1. The molecule has 0 saturated carbocycles. The number of nitro groups is 1. The molecule has 2 aliphatic heterocycles. The molecule has 0 aliphatic carbocycles. The molecule has 26 heavy (non-hydrogen) atoms. The lowest BCUT2D eigenvalue weighted by Gasteiger charge is -2.26. The van der Waals surface area contributed by atoms with Crippen molar-refractivity contribution in [1.29, 1.82) is 0 Å². The molecule has 0 amide bonds. The summed E-state index contributed by atoms with van der Waals surface area (Å²) in [7, 11) is 1.23. The summed E-state index contributed by atoms with van der Waals surface area (Å²) in [6.07, 6.45) is 0. The lowest BCUT2D eigenvalue weighted by Crippen LogP contribution is -2.29. The minimum atomic E-state index is -0.969. The van der Waals surface area contributed by atoms with E-state index in [9.17, 15) is 14.9 Å². The van der Waals surface area contributed by atoms with Crippen LogP contribution in [-0.4, -0.2) is 45.0 Å². The maximum absolute atomic E-state index is 12.4. The Balaban J connectivity index is 1.98. The fourth-order valence-electron chi connectivity index (χ4n) is 3.00. The van der Waals surface area contributed by atoms with Gasteiger partial charge in [0.05, 0.1) is 29.2 Å². The van der Waals surface area contributed by atoms with Crippen LogP contribution in [0.5, 0.6) is 11.5 Å². The van der Waals surface area contributed by atoms with Crippen LogP contribution in [0.2, 0.25) is 0 Å². The van der Waals surface area contributed by atoms with E-state index in [-0.39, 0.29) is 35.3 Å². The van der Waals surface area contributed by atoms with Crippen molar-refractivity contribution in [1.82, 2.24) is 20.2 Å². The van der Waals surface area contributed by atoms with E-state index in [4.69, 9.17) is 14.2 Å². The number of hydrogen-bond acceptors (Lipinski definition) is 10. The first kappa shape index (κ1) is 15.8. The van der Waals surface area contributed by atoms with Crippen LogP contribution < -0.4 is 14.8 Å². The second-order valence-corrected chi connectivity index (χ2v) is 5.53. The van der Waals surface area contributed by atoms with Crippen LogP contribution in [0.15, 0.2) is 23.4 Å². The SMILES string of the molecule is COC(=O)C1=C(C)Nc2nnnn2C1c1cc2c(cc1[N+](=O)[O-])OCO2. The standard InChI is InChI=1S/C14H12N6O6/c1-6-11(13(21)24-2)12(19-14(15-6)16-17-18-19)7-3-9-10(26-5-25-9)4-8(7)20(22)23/h3-4,12H,5H2,1-2H3,(H,15,16,18). The van der Waals surface area contributed by atoms with E-state index in [2.05, 4.69) is 20.8 Å². The number of nitrogens with one attached hydrogen (secondary N) is 1. The van der Waals surface area contributed by atoms with Crippen LogP contribution in [0.4, 0.5) is 11.6 Å². The summed E-state index contributed by atoms with van der Waals surface area (Å²) >= 11 is 0. The monoisotopic (exact) mass is 360 g/mol. The summed E-state index contributed by atoms with van der Waals surface area (Å²) in [4.78, 5) is 23.5. The highest BCUT2D eigenvalue weighted by Gasteiger charge is 2.39. The van der Waals surface area contributed by atoms with Crippen LogP contribution in [0, 0.1) is 10.1 Å². The zero-order valence-electron chi connectivity index (χ0n) is 13.6. The molecule has 0 bridgehead atoms. The number of allylic oxidation sites excluding steroid dienone is 1. The Morgan fingerprint density at radius 1 is 1.42 bits per heavy atom. The molecule has 0 spiro atoms. The van der Waals surface area contributed by atoms with Gasteiger partial charge in [0.1, 0.15) is 6.04 Å². The molecule has 1 aromatic carbocycles. The van der Waals surface area contributed by atoms with Gasteiger partial charge in [0.15, 0.2) is 11.5 Å². The van der Waals surface area contributed by atoms with Crippen LogP contribution in [0.25, 0.3) is 0 Å². The van der Waals surface area contributed by atoms with Crippen molar-refractivity contribution in [2.24, 2.45) is 0 Å². The van der Waals surface area contributed by atoms with Crippen molar-refractivity contribution in [3.05, 3.63) is 39.1 Å². The van der Waals surface area contributed by atoms with Gasteiger partial charge in [-0.1, -0.05) is 5.10 Å². The number of methoxy groups -OCH3 is 1. The number of benzene rings is 1. The van der Waals surface area contributed by atoms with E-state index in [1.165, 1.54) is 23.9 Å². The molecule has 3 heterocycles. The van der Waals surface area contributed by atoms with Gasteiger partial charge in [0, 0.05) is 5.70 Å². The van der Waals surface area contributed by atoms with Gasteiger partial charge in [0.2, 0.25) is 12.7 Å². The molecular weight excluding hydrogens is 348 g/mol. The number of nitro benzene ring substituents is 1. The molecule has 0 saturated heterocycles. The Labute approximate surface area is 145 Å². The fourth-order valence-corrected chi connectivity index (χ4v) is 3.00.